The summed E-state index contributed by atoms with van der Waals surface area (Å²) in [6.07, 6.45) is 0.467. The lowest BCUT2D eigenvalue weighted by Gasteiger charge is -2.47. The smallest absolute Gasteiger partial charge is 0.331 e. The van der Waals surface area contributed by atoms with E-state index >= 15 is 0 Å². The minimum absolute atomic E-state index is 0.0104. The van der Waals surface area contributed by atoms with Gasteiger partial charge in [-0.3, -0.25) is 44.2 Å². The van der Waals surface area contributed by atoms with Gasteiger partial charge in [0.25, 0.3) is 29.5 Å². The first-order valence-corrected chi connectivity index (χ1v) is 20.4. The third-order valence-electron chi connectivity index (χ3n) is 11.5. The molecule has 22 nitrogen and oxygen atoms in total. The second-order valence-electron chi connectivity index (χ2n) is 16.8. The van der Waals surface area contributed by atoms with Gasteiger partial charge in [0.1, 0.15) is 24.2 Å². The summed E-state index contributed by atoms with van der Waals surface area (Å²) in [7, 11) is 1.19. The number of nitrogens with zero attached hydrogens (tertiary/aromatic N) is 5. The molecule has 0 aromatic rings. The number of cyclic esters (lactones) is 1. The van der Waals surface area contributed by atoms with Gasteiger partial charge in [0, 0.05) is 26.3 Å². The highest BCUT2D eigenvalue weighted by Crippen LogP contribution is 2.40. The molecular formula is C38H62N8O14. The van der Waals surface area contributed by atoms with Crippen LogP contribution in [0.2, 0.25) is 0 Å². The highest BCUT2D eigenvalue weighted by Gasteiger charge is 2.57. The van der Waals surface area contributed by atoms with Crippen LogP contribution in [0.5, 0.6) is 0 Å². The van der Waals surface area contributed by atoms with Gasteiger partial charge in [-0.1, -0.05) is 27.7 Å². The minimum atomic E-state index is -2.72. The maximum absolute atomic E-state index is 14.8. The number of hydrogen-bond donors (Lipinski definition) is 7. The second-order valence-corrected chi connectivity index (χ2v) is 16.8. The van der Waals surface area contributed by atoms with Crippen LogP contribution < -0.4 is 16.1 Å². The van der Waals surface area contributed by atoms with Crippen molar-refractivity contribution in [1.82, 2.24) is 36.2 Å². The van der Waals surface area contributed by atoms with Crippen LogP contribution in [0.3, 0.4) is 0 Å². The van der Waals surface area contributed by atoms with Crippen molar-refractivity contribution in [3.63, 3.8) is 0 Å². The lowest BCUT2D eigenvalue weighted by atomic mass is 9.79. The number of rotatable bonds is 8. The van der Waals surface area contributed by atoms with Gasteiger partial charge in [0.15, 0.2) is 17.7 Å². The van der Waals surface area contributed by atoms with E-state index in [0.29, 0.717) is 12.3 Å². The van der Waals surface area contributed by atoms with E-state index in [1.165, 1.54) is 27.2 Å². The Morgan fingerprint density at radius 1 is 1.03 bits per heavy atom. The molecule has 7 N–H and O–H groups in total. The third kappa shape index (κ3) is 10.4. The maximum Gasteiger partial charge on any atom is 0.331 e. The van der Waals surface area contributed by atoms with Gasteiger partial charge in [0.2, 0.25) is 11.7 Å². The Hall–Kier alpha value is -4.32. The van der Waals surface area contributed by atoms with Crippen LogP contribution in [0.1, 0.15) is 93.4 Å². The zero-order chi connectivity index (χ0) is 44.9. The highest BCUT2D eigenvalue weighted by molar-refractivity contribution is 5.97. The van der Waals surface area contributed by atoms with Crippen molar-refractivity contribution in [2.75, 3.05) is 26.8 Å². The molecule has 22 heteroatoms. The van der Waals surface area contributed by atoms with Crippen LogP contribution in [0.15, 0.2) is 5.10 Å². The van der Waals surface area contributed by atoms with Crippen LogP contribution in [-0.2, 0) is 47.8 Å². The molecule has 10 atom stereocenters. The van der Waals surface area contributed by atoms with E-state index in [1.807, 2.05) is 13.8 Å². The number of amides is 6. The summed E-state index contributed by atoms with van der Waals surface area (Å²) in [6.45, 7) is 9.73. The Morgan fingerprint density at radius 3 is 2.32 bits per heavy atom. The summed E-state index contributed by atoms with van der Waals surface area (Å²) >= 11 is 0. The molecule has 3 fully saturated rings. The minimum Gasteiger partial charge on any atom is -0.458 e. The number of hydrogen-bond acceptors (Lipinski definition) is 16. The van der Waals surface area contributed by atoms with Crippen molar-refractivity contribution in [3.05, 3.63) is 0 Å². The number of ether oxygens (including phenoxy) is 3. The molecule has 4 aliphatic heterocycles. The zero-order valence-electron chi connectivity index (χ0n) is 35.5. The number of esters is 1. The van der Waals surface area contributed by atoms with E-state index in [-0.39, 0.29) is 54.7 Å². The summed E-state index contributed by atoms with van der Waals surface area (Å²) in [6, 6.07) is -8.47. The number of carbonyl (C=O) groups is 7. The van der Waals surface area contributed by atoms with Crippen molar-refractivity contribution >= 4 is 47.6 Å². The van der Waals surface area contributed by atoms with Gasteiger partial charge in [-0.05, 0) is 77.0 Å². The van der Waals surface area contributed by atoms with E-state index in [9.17, 15) is 54.2 Å². The molecule has 0 aromatic carbocycles. The average molecular weight is 855 g/mol. The molecule has 60 heavy (non-hydrogen) atoms. The molecule has 0 saturated carbocycles. The SMILES string of the molecule is COC[C@H]1C(=O)NCC(=O)N2N=CCC[C@H]2C(=O)N(O)[C@@H](C)C(=O)O[C@@H](C(C)C)[C@@H](NC(=O)[C@](C)(O)[C@@]2(O)CC[C@H](CC(C)C)[C@@H](C)O2)C(=O)N2NCCC[C@H]2C(=O)N1O. The first-order valence-electron chi connectivity index (χ1n) is 20.4. The maximum atomic E-state index is 14.8. The van der Waals surface area contributed by atoms with Crippen molar-refractivity contribution < 1.29 is 68.4 Å². The number of hydroxylamine groups is 4. The molecule has 6 amide bonds. The molecule has 0 aromatic heterocycles. The van der Waals surface area contributed by atoms with E-state index in [4.69, 9.17) is 14.2 Å². The van der Waals surface area contributed by atoms with Gasteiger partial charge >= 0.3 is 5.97 Å². The Bertz CT molecular complexity index is 1650. The Morgan fingerprint density at radius 2 is 1.70 bits per heavy atom. The topological polar surface area (TPSA) is 290 Å². The van der Waals surface area contributed by atoms with Gasteiger partial charge in [-0.2, -0.15) is 5.10 Å². The van der Waals surface area contributed by atoms with E-state index in [2.05, 4.69) is 21.2 Å². The lowest BCUT2D eigenvalue weighted by Crippen LogP contribution is -2.70. The quantitative estimate of drug-likeness (QED) is 0.111. The molecule has 4 aliphatic rings. The number of hydrazone groups is 1. The molecule has 4 heterocycles. The zero-order valence-corrected chi connectivity index (χ0v) is 35.5. The lowest BCUT2D eigenvalue weighted by molar-refractivity contribution is -0.326. The number of carbonyl (C=O) groups excluding carboxylic acids is 7. The number of aliphatic hydroxyl groups is 2. The standard InChI is InChI=1S/C38H62N8O14/c1-20(2)17-24-13-14-38(55,60-23(24)6)37(7,54)36(53)42-29-30(21(3)4)59-35(52)22(5)45(56)32(49)25-11-9-15-40-43(25)28(47)18-39-31(48)27(19-58-8)46(57)33(50)26-12-10-16-41-44(26)34(29)51/h15,20-27,29-30,41,54-57H,9-14,16-19H2,1-8H3,(H,39,48)(H,42,53)/t22-,23+,24+,25-,26-,27-,29+,30-,37-,38+/m0/s1. The summed E-state index contributed by atoms with van der Waals surface area (Å²) in [5.74, 6) is -10.9. The fraction of sp³-hybridized carbons (Fsp3) is 0.789. The third-order valence-corrected chi connectivity index (χ3v) is 11.5. The van der Waals surface area contributed by atoms with Crippen molar-refractivity contribution in [3.8, 4) is 0 Å². The van der Waals surface area contributed by atoms with Gasteiger partial charge in [0.05, 0.1) is 19.3 Å². The van der Waals surface area contributed by atoms with E-state index in [0.717, 1.165) is 30.3 Å². The second kappa shape index (κ2) is 20.0. The predicted molar refractivity (Wildman–Crippen MR) is 207 cm³/mol. The number of methoxy groups -OCH3 is 1. The normalized spacial score (nSPS) is 33.0. The number of fused-ring (bicyclic) bond motifs is 2. The summed E-state index contributed by atoms with van der Waals surface area (Å²) in [5, 5.41) is 56.2. The molecule has 0 unspecified atom stereocenters. The molecule has 0 radical (unpaired) electrons. The monoisotopic (exact) mass is 854 g/mol. The average Bonchev–Trinajstić information content (AvgIpc) is 3.21. The van der Waals surface area contributed by atoms with E-state index < -0.39 is 114 Å². The van der Waals surface area contributed by atoms with Gasteiger partial charge in [-0.15, -0.1) is 0 Å². The van der Waals surface area contributed by atoms with Crippen LogP contribution in [-0.4, -0.2) is 169 Å². The first kappa shape index (κ1) is 48.3. The van der Waals surface area contributed by atoms with Gasteiger partial charge < -0.3 is 35.1 Å². The fourth-order valence-electron chi connectivity index (χ4n) is 7.84. The van der Waals surface area contributed by atoms with Crippen molar-refractivity contribution in [2.45, 2.75) is 147 Å². The van der Waals surface area contributed by atoms with E-state index in [1.54, 1.807) is 6.92 Å². The summed E-state index contributed by atoms with van der Waals surface area (Å²) < 4.78 is 16.8. The molecule has 338 valence electrons. The molecule has 0 bridgehead atoms. The Balaban J connectivity index is 1.80. The molecule has 4 rings (SSSR count). The van der Waals surface area contributed by atoms with Crippen molar-refractivity contribution in [1.29, 1.82) is 0 Å². The molecule has 0 aliphatic carbocycles. The molecule has 0 spiro atoms. The van der Waals surface area contributed by atoms with Crippen LogP contribution in [0.25, 0.3) is 0 Å². The first-order chi connectivity index (χ1) is 28.1. The molecular weight excluding hydrogens is 792 g/mol. The highest BCUT2D eigenvalue weighted by atomic mass is 16.6. The van der Waals surface area contributed by atoms with Gasteiger partial charge in [-0.25, -0.2) is 25.4 Å². The number of nitrogens with one attached hydrogen (secondary N) is 3. The largest absolute Gasteiger partial charge is 0.458 e. The number of hydrazine groups is 1. The van der Waals surface area contributed by atoms with Crippen LogP contribution in [0, 0.1) is 17.8 Å². The molecule has 3 saturated heterocycles. The summed E-state index contributed by atoms with van der Waals surface area (Å²) in [5.41, 5.74) is 0.0616. The predicted octanol–water partition coefficient (Wildman–Crippen LogP) is -1.22. The summed E-state index contributed by atoms with van der Waals surface area (Å²) in [4.78, 5) is 97.4. The van der Waals surface area contributed by atoms with Crippen molar-refractivity contribution in [2.24, 2.45) is 22.9 Å². The Labute approximate surface area is 348 Å². The fourth-order valence-corrected chi connectivity index (χ4v) is 7.84. The van der Waals surface area contributed by atoms with Crippen LogP contribution >= 0.6 is 0 Å². The Kier molecular flexibility index (Phi) is 16.1. The van der Waals surface area contributed by atoms with Crippen LogP contribution in [0.4, 0.5) is 0 Å².